The van der Waals surface area contributed by atoms with Gasteiger partial charge in [0, 0.05) is 31.4 Å². The zero-order valence-electron chi connectivity index (χ0n) is 14.8. The van der Waals surface area contributed by atoms with E-state index in [0.29, 0.717) is 5.02 Å². The van der Waals surface area contributed by atoms with Crippen molar-refractivity contribution < 1.29 is 4.74 Å². The topological polar surface area (TPSA) is 63.5 Å². The van der Waals surface area contributed by atoms with E-state index in [9.17, 15) is 0 Å². The molecule has 1 aromatic heterocycles. The fourth-order valence-corrected chi connectivity index (χ4v) is 2.54. The highest BCUT2D eigenvalue weighted by molar-refractivity contribution is 14.0. The molecule has 2 rings (SSSR count). The van der Waals surface area contributed by atoms with Gasteiger partial charge in [-0.15, -0.1) is 24.0 Å². The van der Waals surface area contributed by atoms with E-state index < -0.39 is 0 Å². The lowest BCUT2D eigenvalue weighted by Gasteiger charge is -2.12. The molecule has 1 heterocycles. The fraction of sp³-hybridized carbons (Fsp3) is 0.412. The first kappa shape index (κ1) is 21.6. The van der Waals surface area contributed by atoms with Crippen molar-refractivity contribution in [2.75, 3.05) is 27.2 Å². The number of methoxy groups -OCH3 is 1. The highest BCUT2D eigenvalue weighted by Crippen LogP contribution is 2.22. The summed E-state index contributed by atoms with van der Waals surface area (Å²) in [5.41, 5.74) is 2.24. The molecule has 2 N–H and O–H groups in total. The van der Waals surface area contributed by atoms with Gasteiger partial charge in [-0.05, 0) is 36.6 Å². The maximum absolute atomic E-state index is 6.25. The van der Waals surface area contributed by atoms with Gasteiger partial charge in [-0.1, -0.05) is 17.7 Å². The van der Waals surface area contributed by atoms with Crippen molar-refractivity contribution in [1.29, 1.82) is 0 Å². The van der Waals surface area contributed by atoms with Gasteiger partial charge in [-0.3, -0.25) is 9.67 Å². The van der Waals surface area contributed by atoms with Gasteiger partial charge in [0.05, 0.1) is 19.9 Å². The van der Waals surface area contributed by atoms with Crippen molar-refractivity contribution in [1.82, 2.24) is 20.4 Å². The summed E-state index contributed by atoms with van der Waals surface area (Å²) in [5, 5.41) is 11.5. The summed E-state index contributed by atoms with van der Waals surface area (Å²) >= 11 is 6.25. The Labute approximate surface area is 171 Å². The number of benzene rings is 1. The van der Waals surface area contributed by atoms with E-state index in [-0.39, 0.29) is 24.0 Å². The SMILES string of the molecule is CN=C(NCCc1ccc(OC)cc1Cl)NCCn1cc(C)cn1.I. The number of hydrogen-bond donors (Lipinski definition) is 2. The number of ether oxygens (including phenoxy) is 1. The molecule has 0 saturated carbocycles. The monoisotopic (exact) mass is 477 g/mol. The van der Waals surface area contributed by atoms with Gasteiger partial charge in [0.15, 0.2) is 5.96 Å². The first-order valence-electron chi connectivity index (χ1n) is 7.88. The highest BCUT2D eigenvalue weighted by Gasteiger charge is 2.03. The van der Waals surface area contributed by atoms with Gasteiger partial charge in [0.1, 0.15) is 5.75 Å². The second kappa shape index (κ2) is 11.2. The van der Waals surface area contributed by atoms with Gasteiger partial charge in [-0.2, -0.15) is 5.10 Å². The molecule has 0 aliphatic carbocycles. The molecule has 25 heavy (non-hydrogen) atoms. The van der Waals surface area contributed by atoms with E-state index in [2.05, 4.69) is 20.7 Å². The van der Waals surface area contributed by atoms with Crippen LogP contribution in [0.3, 0.4) is 0 Å². The predicted octanol–water partition coefficient (Wildman–Crippen LogP) is 2.88. The van der Waals surface area contributed by atoms with Crippen LogP contribution in [-0.4, -0.2) is 43.0 Å². The summed E-state index contributed by atoms with van der Waals surface area (Å²) < 4.78 is 7.07. The smallest absolute Gasteiger partial charge is 0.191 e. The summed E-state index contributed by atoms with van der Waals surface area (Å²) in [6, 6.07) is 5.73. The minimum absolute atomic E-state index is 0. The number of nitrogens with zero attached hydrogens (tertiary/aromatic N) is 3. The van der Waals surface area contributed by atoms with Crippen LogP contribution in [0.25, 0.3) is 0 Å². The molecule has 0 radical (unpaired) electrons. The second-order valence-electron chi connectivity index (χ2n) is 5.41. The maximum Gasteiger partial charge on any atom is 0.191 e. The standard InChI is InChI=1S/C17H24ClN5O.HI/c1-13-11-22-23(12-13)9-8-21-17(19-2)20-7-6-14-4-5-15(24-3)10-16(14)18;/h4-5,10-12H,6-9H2,1-3H3,(H2,19,20,21);1H. The first-order valence-corrected chi connectivity index (χ1v) is 8.26. The lowest BCUT2D eigenvalue weighted by Crippen LogP contribution is -2.39. The van der Waals surface area contributed by atoms with E-state index in [4.69, 9.17) is 16.3 Å². The number of aromatic nitrogens is 2. The number of hydrogen-bond acceptors (Lipinski definition) is 3. The number of guanidine groups is 1. The Hall–Kier alpha value is -1.48. The molecule has 0 bridgehead atoms. The van der Waals surface area contributed by atoms with Gasteiger partial charge in [0.25, 0.3) is 0 Å². The van der Waals surface area contributed by atoms with Crippen LogP contribution in [-0.2, 0) is 13.0 Å². The third-order valence-corrected chi connectivity index (χ3v) is 3.92. The Morgan fingerprint density at radius 1 is 1.32 bits per heavy atom. The average molecular weight is 478 g/mol. The van der Waals surface area contributed by atoms with E-state index in [1.54, 1.807) is 14.2 Å². The van der Waals surface area contributed by atoms with Gasteiger partial charge >= 0.3 is 0 Å². The zero-order chi connectivity index (χ0) is 17.4. The Bertz CT molecular complexity index is 689. The molecule has 1 aromatic carbocycles. The van der Waals surface area contributed by atoms with Crippen molar-refractivity contribution in [3.63, 3.8) is 0 Å². The molecule has 0 aliphatic heterocycles. The van der Waals surface area contributed by atoms with E-state index in [0.717, 1.165) is 48.9 Å². The Kier molecular flexibility index (Phi) is 9.66. The van der Waals surface area contributed by atoms with E-state index >= 15 is 0 Å². The lowest BCUT2D eigenvalue weighted by atomic mass is 10.1. The van der Waals surface area contributed by atoms with Crippen LogP contribution in [0, 0.1) is 6.92 Å². The van der Waals surface area contributed by atoms with Crippen molar-refractivity contribution >= 4 is 41.5 Å². The Morgan fingerprint density at radius 3 is 2.68 bits per heavy atom. The van der Waals surface area contributed by atoms with E-state index in [1.807, 2.05) is 42.2 Å². The molecule has 0 atom stereocenters. The Balaban J connectivity index is 0.00000312. The molecule has 0 fully saturated rings. The number of halogens is 2. The summed E-state index contributed by atoms with van der Waals surface area (Å²) in [7, 11) is 3.39. The van der Waals surface area contributed by atoms with Crippen LogP contribution >= 0.6 is 35.6 Å². The molecule has 0 aliphatic rings. The summed E-state index contributed by atoms with van der Waals surface area (Å²) in [6.07, 6.45) is 4.68. The molecule has 6 nitrogen and oxygen atoms in total. The minimum Gasteiger partial charge on any atom is -0.497 e. The molecular weight excluding hydrogens is 453 g/mol. The minimum atomic E-state index is 0. The van der Waals surface area contributed by atoms with Gasteiger partial charge < -0.3 is 15.4 Å². The summed E-state index contributed by atoms with van der Waals surface area (Å²) in [5.74, 6) is 1.53. The first-order chi connectivity index (χ1) is 11.6. The van der Waals surface area contributed by atoms with Crippen LogP contribution in [0.5, 0.6) is 5.75 Å². The van der Waals surface area contributed by atoms with Crippen LogP contribution in [0.2, 0.25) is 5.02 Å². The maximum atomic E-state index is 6.25. The van der Waals surface area contributed by atoms with E-state index in [1.165, 1.54) is 0 Å². The van der Waals surface area contributed by atoms with Crippen LogP contribution in [0.1, 0.15) is 11.1 Å². The van der Waals surface area contributed by atoms with Gasteiger partial charge in [0.2, 0.25) is 0 Å². The summed E-state index contributed by atoms with van der Waals surface area (Å²) in [4.78, 5) is 4.22. The Morgan fingerprint density at radius 2 is 2.08 bits per heavy atom. The molecule has 0 unspecified atom stereocenters. The normalized spacial score (nSPS) is 11.0. The zero-order valence-corrected chi connectivity index (χ0v) is 17.8. The fourth-order valence-electron chi connectivity index (χ4n) is 2.27. The predicted molar refractivity (Wildman–Crippen MR) is 113 cm³/mol. The molecule has 0 amide bonds. The second-order valence-corrected chi connectivity index (χ2v) is 5.82. The van der Waals surface area contributed by atoms with Crippen molar-refractivity contribution in [3.05, 3.63) is 46.7 Å². The van der Waals surface area contributed by atoms with Crippen molar-refractivity contribution in [2.45, 2.75) is 19.9 Å². The van der Waals surface area contributed by atoms with Gasteiger partial charge in [-0.25, -0.2) is 0 Å². The number of aryl methyl sites for hydroxylation is 1. The number of rotatable bonds is 7. The molecule has 0 saturated heterocycles. The molecule has 138 valence electrons. The van der Waals surface area contributed by atoms with Crippen molar-refractivity contribution in [3.8, 4) is 5.75 Å². The summed E-state index contributed by atoms with van der Waals surface area (Å²) in [6.45, 7) is 4.32. The number of nitrogens with one attached hydrogen (secondary N) is 2. The average Bonchev–Trinajstić information content (AvgIpc) is 3.00. The van der Waals surface area contributed by atoms with Crippen LogP contribution in [0.15, 0.2) is 35.6 Å². The number of aliphatic imine (C=N–C) groups is 1. The molecule has 8 heteroatoms. The van der Waals surface area contributed by atoms with Crippen LogP contribution < -0.4 is 15.4 Å². The molecular formula is C17H25ClIN5O. The molecule has 0 spiro atoms. The third kappa shape index (κ3) is 7.11. The highest BCUT2D eigenvalue weighted by atomic mass is 127. The van der Waals surface area contributed by atoms with Crippen molar-refractivity contribution in [2.24, 2.45) is 4.99 Å². The third-order valence-electron chi connectivity index (χ3n) is 3.57. The largest absolute Gasteiger partial charge is 0.497 e. The lowest BCUT2D eigenvalue weighted by molar-refractivity contribution is 0.414. The quantitative estimate of drug-likeness (QED) is 0.366. The molecule has 2 aromatic rings. The van der Waals surface area contributed by atoms with Crippen LogP contribution in [0.4, 0.5) is 0 Å².